The van der Waals surface area contributed by atoms with Crippen LogP contribution in [0.3, 0.4) is 0 Å². The summed E-state index contributed by atoms with van der Waals surface area (Å²) < 4.78 is 16.6. The molecule has 104 valence electrons. The van der Waals surface area contributed by atoms with Crippen molar-refractivity contribution in [3.8, 4) is 17.2 Å². The van der Waals surface area contributed by atoms with Crippen LogP contribution in [0.25, 0.3) is 0 Å². The molecule has 1 heterocycles. The molecule has 20 heavy (non-hydrogen) atoms. The molecule has 4 heteroatoms. The van der Waals surface area contributed by atoms with E-state index in [9.17, 15) is 0 Å². The number of nitrogens with two attached hydrogens (primary N) is 1. The molecule has 4 nitrogen and oxygen atoms in total. The molecule has 0 saturated carbocycles. The molecule has 3 rings (SSSR count). The second-order valence-corrected chi connectivity index (χ2v) is 4.77. The van der Waals surface area contributed by atoms with E-state index < -0.39 is 0 Å². The highest BCUT2D eigenvalue weighted by atomic mass is 16.7. The van der Waals surface area contributed by atoms with E-state index >= 15 is 0 Å². The zero-order valence-corrected chi connectivity index (χ0v) is 11.3. The second kappa shape index (κ2) is 5.43. The monoisotopic (exact) mass is 271 g/mol. The van der Waals surface area contributed by atoms with Crippen LogP contribution in [0.5, 0.6) is 17.2 Å². The van der Waals surface area contributed by atoms with Crippen LogP contribution in [0, 0.1) is 6.92 Å². The Morgan fingerprint density at radius 1 is 1.15 bits per heavy atom. The van der Waals surface area contributed by atoms with Crippen LogP contribution in [0.1, 0.15) is 17.2 Å². The SMILES string of the molecule is Cc1cccc(C(CN)Oc2ccc3c(c2)OCO3)c1. The van der Waals surface area contributed by atoms with Gasteiger partial charge in [-0.15, -0.1) is 0 Å². The van der Waals surface area contributed by atoms with Crippen molar-refractivity contribution in [2.75, 3.05) is 13.3 Å². The van der Waals surface area contributed by atoms with Crippen molar-refractivity contribution < 1.29 is 14.2 Å². The molecular weight excluding hydrogens is 254 g/mol. The predicted molar refractivity (Wildman–Crippen MR) is 76.2 cm³/mol. The summed E-state index contributed by atoms with van der Waals surface area (Å²) in [6.07, 6.45) is -0.171. The van der Waals surface area contributed by atoms with Crippen LogP contribution in [0.4, 0.5) is 0 Å². The number of benzene rings is 2. The predicted octanol–water partition coefficient (Wildman–Crippen LogP) is 2.80. The molecule has 1 aliphatic heterocycles. The van der Waals surface area contributed by atoms with Crippen molar-refractivity contribution in [3.05, 3.63) is 53.6 Å². The van der Waals surface area contributed by atoms with Crippen LogP contribution in [-0.2, 0) is 0 Å². The van der Waals surface area contributed by atoms with E-state index in [2.05, 4.69) is 19.1 Å². The largest absolute Gasteiger partial charge is 0.484 e. The normalized spacial score (nSPS) is 14.1. The summed E-state index contributed by atoms with van der Waals surface area (Å²) in [4.78, 5) is 0. The Balaban J connectivity index is 1.81. The van der Waals surface area contributed by atoms with Crippen molar-refractivity contribution >= 4 is 0 Å². The summed E-state index contributed by atoms with van der Waals surface area (Å²) in [6, 6.07) is 13.7. The third-order valence-corrected chi connectivity index (χ3v) is 3.25. The number of aryl methyl sites for hydroxylation is 1. The van der Waals surface area contributed by atoms with Crippen molar-refractivity contribution in [2.45, 2.75) is 13.0 Å². The van der Waals surface area contributed by atoms with Gasteiger partial charge in [0.05, 0.1) is 0 Å². The molecule has 0 fully saturated rings. The summed E-state index contributed by atoms with van der Waals surface area (Å²) in [5.74, 6) is 2.19. The lowest BCUT2D eigenvalue weighted by molar-refractivity contribution is 0.173. The quantitative estimate of drug-likeness (QED) is 0.929. The molecule has 0 aliphatic carbocycles. The smallest absolute Gasteiger partial charge is 0.231 e. The molecule has 2 N–H and O–H groups in total. The lowest BCUT2D eigenvalue weighted by Gasteiger charge is -2.18. The number of hydrogen-bond acceptors (Lipinski definition) is 4. The maximum atomic E-state index is 5.97. The van der Waals surface area contributed by atoms with E-state index in [4.69, 9.17) is 19.9 Å². The maximum Gasteiger partial charge on any atom is 0.231 e. The molecule has 2 aromatic rings. The zero-order valence-electron chi connectivity index (χ0n) is 11.3. The Morgan fingerprint density at radius 3 is 2.80 bits per heavy atom. The fourth-order valence-electron chi connectivity index (χ4n) is 2.24. The van der Waals surface area contributed by atoms with Crippen LogP contribution >= 0.6 is 0 Å². The van der Waals surface area contributed by atoms with Crippen molar-refractivity contribution in [3.63, 3.8) is 0 Å². The highest BCUT2D eigenvalue weighted by Gasteiger charge is 2.16. The summed E-state index contributed by atoms with van der Waals surface area (Å²) in [5, 5.41) is 0. The molecule has 0 saturated heterocycles. The summed E-state index contributed by atoms with van der Waals surface area (Å²) in [7, 11) is 0. The topological polar surface area (TPSA) is 53.7 Å². The molecule has 1 aliphatic rings. The number of hydrogen-bond donors (Lipinski definition) is 1. The van der Waals surface area contributed by atoms with Gasteiger partial charge in [0.2, 0.25) is 6.79 Å². The van der Waals surface area contributed by atoms with E-state index in [0.717, 1.165) is 17.1 Å². The molecule has 0 amide bonds. The van der Waals surface area contributed by atoms with Gasteiger partial charge in [0.25, 0.3) is 0 Å². The summed E-state index contributed by atoms with van der Waals surface area (Å²) in [6.45, 7) is 2.73. The van der Waals surface area contributed by atoms with Gasteiger partial charge in [-0.2, -0.15) is 0 Å². The third kappa shape index (κ3) is 2.56. The average molecular weight is 271 g/mol. The van der Waals surface area contributed by atoms with Crippen LogP contribution < -0.4 is 19.9 Å². The standard InChI is InChI=1S/C16H17NO3/c1-11-3-2-4-12(7-11)16(9-17)20-13-5-6-14-15(8-13)19-10-18-14/h2-8,16H,9-10,17H2,1H3. The minimum Gasteiger partial charge on any atom is -0.484 e. The highest BCUT2D eigenvalue weighted by Crippen LogP contribution is 2.36. The average Bonchev–Trinajstić information content (AvgIpc) is 2.92. The van der Waals surface area contributed by atoms with Gasteiger partial charge in [-0.1, -0.05) is 29.8 Å². The second-order valence-electron chi connectivity index (χ2n) is 4.77. The third-order valence-electron chi connectivity index (χ3n) is 3.25. The number of fused-ring (bicyclic) bond motifs is 1. The van der Waals surface area contributed by atoms with Gasteiger partial charge < -0.3 is 19.9 Å². The molecule has 2 aromatic carbocycles. The van der Waals surface area contributed by atoms with Gasteiger partial charge in [0.15, 0.2) is 11.5 Å². The van der Waals surface area contributed by atoms with Crippen LogP contribution in [-0.4, -0.2) is 13.3 Å². The number of rotatable bonds is 4. The lowest BCUT2D eigenvalue weighted by Crippen LogP contribution is -2.18. The van der Waals surface area contributed by atoms with Crippen molar-refractivity contribution in [2.24, 2.45) is 5.73 Å². The van der Waals surface area contributed by atoms with Gasteiger partial charge in [-0.3, -0.25) is 0 Å². The minimum atomic E-state index is -0.171. The van der Waals surface area contributed by atoms with Gasteiger partial charge in [0.1, 0.15) is 11.9 Å². The van der Waals surface area contributed by atoms with Gasteiger partial charge in [0, 0.05) is 12.6 Å². The van der Waals surface area contributed by atoms with Crippen molar-refractivity contribution in [1.29, 1.82) is 0 Å². The van der Waals surface area contributed by atoms with Gasteiger partial charge in [-0.25, -0.2) is 0 Å². The molecule has 1 unspecified atom stereocenters. The first-order valence-corrected chi connectivity index (χ1v) is 6.59. The number of ether oxygens (including phenoxy) is 3. The Morgan fingerprint density at radius 2 is 2.00 bits per heavy atom. The van der Waals surface area contributed by atoms with Crippen molar-refractivity contribution in [1.82, 2.24) is 0 Å². The minimum absolute atomic E-state index is 0.171. The summed E-state index contributed by atoms with van der Waals surface area (Å²) in [5.41, 5.74) is 8.10. The molecule has 1 atom stereocenters. The molecule has 0 spiro atoms. The van der Waals surface area contributed by atoms with E-state index in [1.54, 1.807) is 0 Å². The van der Waals surface area contributed by atoms with E-state index in [0.29, 0.717) is 12.3 Å². The lowest BCUT2D eigenvalue weighted by atomic mass is 10.1. The Labute approximate surface area is 118 Å². The first kappa shape index (κ1) is 12.8. The Bertz CT molecular complexity index is 612. The molecular formula is C16H17NO3. The fraction of sp³-hybridized carbons (Fsp3) is 0.250. The first-order chi connectivity index (χ1) is 9.76. The van der Waals surface area contributed by atoms with E-state index in [-0.39, 0.29) is 12.9 Å². The van der Waals surface area contributed by atoms with Crippen LogP contribution in [0.2, 0.25) is 0 Å². The summed E-state index contributed by atoms with van der Waals surface area (Å²) >= 11 is 0. The van der Waals surface area contributed by atoms with E-state index in [1.807, 2.05) is 30.3 Å². The first-order valence-electron chi connectivity index (χ1n) is 6.59. The van der Waals surface area contributed by atoms with E-state index in [1.165, 1.54) is 5.56 Å². The molecule has 0 aromatic heterocycles. The Kier molecular flexibility index (Phi) is 3.48. The van der Waals surface area contributed by atoms with Crippen LogP contribution in [0.15, 0.2) is 42.5 Å². The van der Waals surface area contributed by atoms with Gasteiger partial charge in [-0.05, 0) is 24.6 Å². The fourth-order valence-corrected chi connectivity index (χ4v) is 2.24. The zero-order chi connectivity index (χ0) is 13.9. The highest BCUT2D eigenvalue weighted by molar-refractivity contribution is 5.47. The molecule has 0 radical (unpaired) electrons. The van der Waals surface area contributed by atoms with Gasteiger partial charge >= 0.3 is 0 Å². The molecule has 0 bridgehead atoms. The maximum absolute atomic E-state index is 5.97. The Hall–Kier alpha value is -2.20.